The molecule has 0 amide bonds. The van der Waals surface area contributed by atoms with Gasteiger partial charge in [0.25, 0.3) is 0 Å². The summed E-state index contributed by atoms with van der Waals surface area (Å²) < 4.78 is 0. The minimum Gasteiger partial charge on any atom is -0.370 e. The van der Waals surface area contributed by atoms with Crippen LogP contribution in [-0.2, 0) is 5.41 Å². The second kappa shape index (κ2) is 7.86. The zero-order chi connectivity index (χ0) is 13.7. The van der Waals surface area contributed by atoms with E-state index in [0.717, 1.165) is 6.54 Å². The maximum Gasteiger partial charge on any atom is 0.188 e. The fraction of sp³-hybridized carbons (Fsp3) is 0.562. The summed E-state index contributed by atoms with van der Waals surface area (Å²) in [5.74, 6) is 0.567. The van der Waals surface area contributed by atoms with E-state index in [1.165, 1.54) is 31.2 Å². The second-order valence-electron chi connectivity index (χ2n) is 5.85. The number of hydrogen-bond donors (Lipinski definition) is 2. The normalized spacial score (nSPS) is 17.9. The lowest BCUT2D eigenvalue weighted by Gasteiger charge is -2.28. The van der Waals surface area contributed by atoms with E-state index < -0.39 is 0 Å². The topological polar surface area (TPSA) is 50.4 Å². The summed E-state index contributed by atoms with van der Waals surface area (Å²) in [6.45, 7) is 4.94. The molecule has 0 unspecified atom stereocenters. The van der Waals surface area contributed by atoms with Gasteiger partial charge in [0.05, 0.1) is 6.54 Å². The summed E-state index contributed by atoms with van der Waals surface area (Å²) in [5.41, 5.74) is 7.54. The van der Waals surface area contributed by atoms with Crippen molar-refractivity contribution in [2.45, 2.75) is 51.0 Å². The molecule has 1 aliphatic carbocycles. The van der Waals surface area contributed by atoms with Crippen molar-refractivity contribution < 1.29 is 0 Å². The number of aliphatic imine (C=N–C) groups is 1. The Balaban J connectivity index is 0.00000200. The summed E-state index contributed by atoms with van der Waals surface area (Å²) in [5, 5.41) is 3.16. The molecule has 1 saturated carbocycles. The van der Waals surface area contributed by atoms with Crippen LogP contribution in [-0.4, -0.2) is 18.5 Å². The van der Waals surface area contributed by atoms with Crippen molar-refractivity contribution in [2.24, 2.45) is 10.7 Å². The highest BCUT2D eigenvalue weighted by Crippen LogP contribution is 2.41. The van der Waals surface area contributed by atoms with Crippen LogP contribution in [0.15, 0.2) is 35.3 Å². The lowest BCUT2D eigenvalue weighted by Crippen LogP contribution is -2.38. The quantitative estimate of drug-likeness (QED) is 0.473. The van der Waals surface area contributed by atoms with Gasteiger partial charge in [-0.2, -0.15) is 0 Å². The maximum absolute atomic E-state index is 5.93. The first-order valence-electron chi connectivity index (χ1n) is 7.24. The van der Waals surface area contributed by atoms with Crippen molar-refractivity contribution in [1.29, 1.82) is 0 Å². The Labute approximate surface area is 139 Å². The zero-order valence-corrected chi connectivity index (χ0v) is 14.8. The van der Waals surface area contributed by atoms with Gasteiger partial charge in [0.1, 0.15) is 0 Å². The molecule has 0 aliphatic heterocycles. The Hall–Kier alpha value is -0.780. The highest BCUT2D eigenvalue weighted by molar-refractivity contribution is 14.0. The van der Waals surface area contributed by atoms with E-state index in [1.54, 1.807) is 0 Å². The van der Waals surface area contributed by atoms with Crippen LogP contribution in [0.4, 0.5) is 0 Å². The minimum absolute atomic E-state index is 0. The van der Waals surface area contributed by atoms with Crippen LogP contribution in [0, 0.1) is 0 Å². The number of nitrogens with two attached hydrogens (primary N) is 1. The van der Waals surface area contributed by atoms with Crippen LogP contribution in [0.5, 0.6) is 0 Å². The number of guanidine groups is 1. The molecule has 0 atom stereocenters. The van der Waals surface area contributed by atoms with Crippen molar-refractivity contribution in [3.63, 3.8) is 0 Å². The van der Waals surface area contributed by atoms with Crippen molar-refractivity contribution in [1.82, 2.24) is 5.32 Å². The third-order valence-corrected chi connectivity index (χ3v) is 3.94. The standard InChI is InChI=1S/C16H25N3.HI/c1-13(2)19-15(17)18-12-16(10-6-7-11-16)14-8-4-3-5-9-14;/h3-5,8-9,13H,6-7,10-12H2,1-2H3,(H3,17,18,19);1H. The molecule has 1 fully saturated rings. The molecule has 0 bridgehead atoms. The lowest BCUT2D eigenvalue weighted by atomic mass is 9.79. The molecule has 0 saturated heterocycles. The number of nitrogens with one attached hydrogen (secondary N) is 1. The molecular weight excluding hydrogens is 361 g/mol. The van der Waals surface area contributed by atoms with Gasteiger partial charge in [0.15, 0.2) is 5.96 Å². The Morgan fingerprint density at radius 3 is 2.40 bits per heavy atom. The Kier molecular flexibility index (Phi) is 6.79. The van der Waals surface area contributed by atoms with E-state index in [-0.39, 0.29) is 29.4 Å². The monoisotopic (exact) mass is 387 g/mol. The van der Waals surface area contributed by atoms with Gasteiger partial charge >= 0.3 is 0 Å². The summed E-state index contributed by atoms with van der Waals surface area (Å²) in [7, 11) is 0. The number of hydrogen-bond acceptors (Lipinski definition) is 1. The highest BCUT2D eigenvalue weighted by atomic mass is 127. The number of nitrogens with zero attached hydrogens (tertiary/aromatic N) is 1. The Morgan fingerprint density at radius 1 is 1.25 bits per heavy atom. The Bertz CT molecular complexity index is 423. The summed E-state index contributed by atoms with van der Waals surface area (Å²) in [6, 6.07) is 11.1. The molecule has 1 aliphatic rings. The number of halogens is 1. The fourth-order valence-electron chi connectivity index (χ4n) is 2.96. The van der Waals surface area contributed by atoms with E-state index in [2.05, 4.69) is 54.5 Å². The average Bonchev–Trinajstić information content (AvgIpc) is 2.87. The molecular formula is C16H26IN3. The average molecular weight is 387 g/mol. The van der Waals surface area contributed by atoms with E-state index in [9.17, 15) is 0 Å². The van der Waals surface area contributed by atoms with Crippen LogP contribution >= 0.6 is 24.0 Å². The van der Waals surface area contributed by atoms with Crippen molar-refractivity contribution in [3.8, 4) is 0 Å². The second-order valence-corrected chi connectivity index (χ2v) is 5.85. The third kappa shape index (κ3) is 4.36. The molecule has 0 heterocycles. The van der Waals surface area contributed by atoms with Crippen molar-refractivity contribution >= 4 is 29.9 Å². The van der Waals surface area contributed by atoms with E-state index in [4.69, 9.17) is 5.73 Å². The predicted octanol–water partition coefficient (Wildman–Crippen LogP) is 3.43. The highest BCUT2D eigenvalue weighted by Gasteiger charge is 2.35. The van der Waals surface area contributed by atoms with Crippen LogP contribution in [0.2, 0.25) is 0 Å². The Morgan fingerprint density at radius 2 is 1.85 bits per heavy atom. The molecule has 0 radical (unpaired) electrons. The van der Waals surface area contributed by atoms with Gasteiger partial charge in [-0.05, 0) is 32.3 Å². The number of benzene rings is 1. The van der Waals surface area contributed by atoms with Gasteiger partial charge in [-0.25, -0.2) is 0 Å². The van der Waals surface area contributed by atoms with Gasteiger partial charge in [-0.3, -0.25) is 4.99 Å². The van der Waals surface area contributed by atoms with Gasteiger partial charge < -0.3 is 11.1 Å². The molecule has 2 rings (SSSR count). The predicted molar refractivity (Wildman–Crippen MR) is 96.8 cm³/mol. The molecule has 1 aromatic rings. The smallest absolute Gasteiger partial charge is 0.188 e. The number of rotatable bonds is 4. The van der Waals surface area contributed by atoms with E-state index >= 15 is 0 Å². The van der Waals surface area contributed by atoms with Gasteiger partial charge in [-0.15, -0.1) is 24.0 Å². The SMILES string of the molecule is CC(C)NC(N)=NCC1(c2ccccc2)CCCC1.I. The summed E-state index contributed by atoms with van der Waals surface area (Å²) in [6.07, 6.45) is 5.02. The van der Waals surface area contributed by atoms with E-state index in [1.807, 2.05) is 0 Å². The molecule has 20 heavy (non-hydrogen) atoms. The molecule has 0 aromatic heterocycles. The van der Waals surface area contributed by atoms with Crippen molar-refractivity contribution in [3.05, 3.63) is 35.9 Å². The molecule has 4 heteroatoms. The van der Waals surface area contributed by atoms with Gasteiger partial charge in [0, 0.05) is 11.5 Å². The first-order chi connectivity index (χ1) is 9.12. The van der Waals surface area contributed by atoms with E-state index in [0.29, 0.717) is 12.0 Å². The van der Waals surface area contributed by atoms with Crippen molar-refractivity contribution in [2.75, 3.05) is 6.54 Å². The molecule has 0 spiro atoms. The van der Waals surface area contributed by atoms with Gasteiger partial charge in [0.2, 0.25) is 0 Å². The molecule has 112 valence electrons. The van der Waals surface area contributed by atoms with Crippen LogP contribution in [0.1, 0.15) is 45.1 Å². The van der Waals surface area contributed by atoms with Crippen LogP contribution in [0.25, 0.3) is 0 Å². The first-order valence-corrected chi connectivity index (χ1v) is 7.24. The lowest BCUT2D eigenvalue weighted by molar-refractivity contribution is 0.453. The van der Waals surface area contributed by atoms with Crippen LogP contribution < -0.4 is 11.1 Å². The molecule has 1 aromatic carbocycles. The summed E-state index contributed by atoms with van der Waals surface area (Å²) in [4.78, 5) is 4.58. The minimum atomic E-state index is 0. The fourth-order valence-corrected chi connectivity index (χ4v) is 2.96. The first kappa shape index (κ1) is 17.3. The molecule has 3 nitrogen and oxygen atoms in total. The summed E-state index contributed by atoms with van der Waals surface area (Å²) >= 11 is 0. The third-order valence-electron chi connectivity index (χ3n) is 3.94. The molecule has 3 N–H and O–H groups in total. The maximum atomic E-state index is 5.93. The zero-order valence-electron chi connectivity index (χ0n) is 12.4. The van der Waals surface area contributed by atoms with Crippen LogP contribution in [0.3, 0.4) is 0 Å². The largest absolute Gasteiger partial charge is 0.370 e. The van der Waals surface area contributed by atoms with Gasteiger partial charge in [-0.1, -0.05) is 43.2 Å².